The van der Waals surface area contributed by atoms with Crippen molar-refractivity contribution in [2.45, 2.75) is 43.0 Å². The third-order valence-corrected chi connectivity index (χ3v) is 10.7. The van der Waals surface area contributed by atoms with E-state index in [0.717, 1.165) is 9.21 Å². The van der Waals surface area contributed by atoms with Crippen molar-refractivity contribution in [2.24, 2.45) is 0 Å². The second-order valence-corrected chi connectivity index (χ2v) is 13.6. The molecular formula is C30H29Cl3N4O6S. The zero-order valence-electron chi connectivity index (χ0n) is 23.5. The smallest absolute Gasteiger partial charge is 0.408 e. The molecule has 0 aromatic heterocycles. The minimum atomic E-state index is -4.45. The first kappa shape index (κ1) is 32.1. The van der Waals surface area contributed by atoms with E-state index in [1.54, 1.807) is 61.5 Å². The molecule has 1 N–H and O–H groups in total. The summed E-state index contributed by atoms with van der Waals surface area (Å²) in [6.45, 7) is 1.25. The molecule has 2 saturated heterocycles. The highest BCUT2D eigenvalue weighted by Crippen LogP contribution is 2.36. The summed E-state index contributed by atoms with van der Waals surface area (Å²) in [6.07, 6.45) is -2.49. The van der Waals surface area contributed by atoms with Crippen LogP contribution in [0.3, 0.4) is 0 Å². The van der Waals surface area contributed by atoms with Crippen LogP contribution in [0.5, 0.6) is 0 Å². The predicted octanol–water partition coefficient (Wildman–Crippen LogP) is 4.83. The first-order valence-corrected chi connectivity index (χ1v) is 16.4. The van der Waals surface area contributed by atoms with E-state index in [1.165, 1.54) is 28.0 Å². The van der Waals surface area contributed by atoms with E-state index in [2.05, 4.69) is 0 Å². The summed E-state index contributed by atoms with van der Waals surface area (Å²) in [5, 5.41) is 10.9. The highest BCUT2D eigenvalue weighted by molar-refractivity contribution is 7.89. The Morgan fingerprint density at radius 2 is 1.57 bits per heavy atom. The molecule has 0 aliphatic carbocycles. The van der Waals surface area contributed by atoms with Crippen LogP contribution >= 0.6 is 34.8 Å². The zero-order chi connectivity index (χ0) is 31.8. The van der Waals surface area contributed by atoms with Crippen LogP contribution in [0.4, 0.5) is 4.79 Å². The second-order valence-electron chi connectivity index (χ2n) is 10.5. The molecule has 0 radical (unpaired) electrons. The van der Waals surface area contributed by atoms with Gasteiger partial charge in [0.05, 0.1) is 11.6 Å². The number of likely N-dealkylation sites (N-methyl/N-ethyl adjacent to an activating group) is 1. The van der Waals surface area contributed by atoms with Gasteiger partial charge in [-0.15, -0.1) is 0 Å². The fraction of sp³-hybridized carbons (Fsp3) is 0.300. The molecule has 2 fully saturated rings. The summed E-state index contributed by atoms with van der Waals surface area (Å²) in [4.78, 5) is 44.2. The summed E-state index contributed by atoms with van der Waals surface area (Å²) in [5.41, 5.74) is 1.29. The number of carbonyl (C=O) groups is 3. The van der Waals surface area contributed by atoms with Crippen molar-refractivity contribution in [1.82, 2.24) is 19.0 Å². The number of hydrogen-bond acceptors (Lipinski definition) is 5. The Balaban J connectivity index is 1.65. The van der Waals surface area contributed by atoms with Crippen LogP contribution in [-0.4, -0.2) is 88.3 Å². The minimum Gasteiger partial charge on any atom is -0.465 e. The van der Waals surface area contributed by atoms with Crippen molar-refractivity contribution in [3.05, 3.63) is 99.0 Å². The average molecular weight is 680 g/mol. The molecule has 3 aromatic carbocycles. The van der Waals surface area contributed by atoms with Crippen LogP contribution in [0.1, 0.15) is 18.1 Å². The summed E-state index contributed by atoms with van der Waals surface area (Å²) >= 11 is 18.5. The maximum absolute atomic E-state index is 14.4. The van der Waals surface area contributed by atoms with Gasteiger partial charge in [0.15, 0.2) is 0 Å². The molecule has 14 heteroatoms. The largest absolute Gasteiger partial charge is 0.465 e. The minimum absolute atomic E-state index is 0.0583. The lowest BCUT2D eigenvalue weighted by atomic mass is 9.96. The van der Waals surface area contributed by atoms with E-state index in [1.807, 2.05) is 0 Å². The molecule has 0 bridgehead atoms. The SMILES string of the molecule is CCN1CC2N(C(=O)C(N(Cc3ccccc3)C(=O)O)CN2S(=O)(=O)c2ccc(Cl)cc2Cl)C(Cc2ccc(Cl)cc2)C1=O. The number of hydrogen-bond donors (Lipinski definition) is 1. The topological polar surface area (TPSA) is 119 Å². The summed E-state index contributed by atoms with van der Waals surface area (Å²) < 4.78 is 29.7. The van der Waals surface area contributed by atoms with Gasteiger partial charge < -0.3 is 14.9 Å². The van der Waals surface area contributed by atoms with Crippen LogP contribution in [0.15, 0.2) is 77.7 Å². The second kappa shape index (κ2) is 12.9. The third-order valence-electron chi connectivity index (χ3n) is 7.88. The van der Waals surface area contributed by atoms with Crippen molar-refractivity contribution in [2.75, 3.05) is 19.6 Å². The number of halogens is 3. The van der Waals surface area contributed by atoms with Gasteiger partial charge in [0, 0.05) is 36.1 Å². The molecule has 3 atom stereocenters. The third kappa shape index (κ3) is 6.25. The van der Waals surface area contributed by atoms with Gasteiger partial charge in [-0.1, -0.05) is 77.3 Å². The molecular weight excluding hydrogens is 651 g/mol. The van der Waals surface area contributed by atoms with Crippen molar-refractivity contribution < 1.29 is 27.9 Å². The number of rotatable bonds is 8. The van der Waals surface area contributed by atoms with E-state index in [4.69, 9.17) is 34.8 Å². The highest BCUT2D eigenvalue weighted by atomic mass is 35.5. The summed E-state index contributed by atoms with van der Waals surface area (Å²) in [6, 6.07) is 16.8. The fourth-order valence-corrected chi connectivity index (χ4v) is 8.14. The van der Waals surface area contributed by atoms with E-state index >= 15 is 0 Å². The molecule has 3 aromatic rings. The molecule has 5 rings (SSSR count). The van der Waals surface area contributed by atoms with Crippen LogP contribution < -0.4 is 0 Å². The van der Waals surface area contributed by atoms with E-state index in [9.17, 15) is 27.9 Å². The quantitative estimate of drug-likeness (QED) is 0.365. The Hall–Kier alpha value is -3.35. The Morgan fingerprint density at radius 1 is 0.909 bits per heavy atom. The van der Waals surface area contributed by atoms with Crippen LogP contribution in [0.25, 0.3) is 0 Å². The molecule has 3 unspecified atom stereocenters. The molecule has 3 amide bonds. The molecule has 232 valence electrons. The van der Waals surface area contributed by atoms with Crippen molar-refractivity contribution in [1.29, 1.82) is 0 Å². The predicted molar refractivity (Wildman–Crippen MR) is 166 cm³/mol. The molecule has 2 heterocycles. The molecule has 0 spiro atoms. The average Bonchev–Trinajstić information content (AvgIpc) is 2.98. The molecule has 0 saturated carbocycles. The standard InChI is InChI=1S/C30H29Cl3N4O6S/c1-2-34-18-27-36(44(42,43)26-13-12-22(32)15-23(26)33)17-25(35(30(40)41)16-20-6-4-3-5-7-20)29(39)37(27)24(28(34)38)14-19-8-10-21(31)11-9-19/h3-13,15,24-25,27H,2,14,16-18H2,1H3,(H,40,41). The number of sulfonamides is 1. The summed E-state index contributed by atoms with van der Waals surface area (Å²) in [7, 11) is -4.45. The number of carbonyl (C=O) groups excluding carboxylic acids is 2. The summed E-state index contributed by atoms with van der Waals surface area (Å²) in [5.74, 6) is -1.04. The van der Waals surface area contributed by atoms with E-state index in [0.29, 0.717) is 16.1 Å². The zero-order valence-corrected chi connectivity index (χ0v) is 26.6. The van der Waals surface area contributed by atoms with Crippen molar-refractivity contribution in [3.8, 4) is 0 Å². The van der Waals surface area contributed by atoms with Gasteiger partial charge in [0.25, 0.3) is 0 Å². The van der Waals surface area contributed by atoms with Gasteiger partial charge in [-0.2, -0.15) is 4.31 Å². The number of piperazine rings is 1. The lowest BCUT2D eigenvalue weighted by Gasteiger charge is -2.54. The Morgan fingerprint density at radius 3 is 2.18 bits per heavy atom. The van der Waals surface area contributed by atoms with E-state index in [-0.39, 0.29) is 46.9 Å². The normalized spacial score (nSPS) is 20.9. The van der Waals surface area contributed by atoms with Crippen LogP contribution in [-0.2, 0) is 32.6 Å². The Labute approximate surface area is 270 Å². The van der Waals surface area contributed by atoms with E-state index < -0.39 is 46.8 Å². The maximum atomic E-state index is 14.4. The highest BCUT2D eigenvalue weighted by Gasteiger charge is 2.55. The van der Waals surface area contributed by atoms with Gasteiger partial charge in [0.2, 0.25) is 21.8 Å². The van der Waals surface area contributed by atoms with Gasteiger partial charge in [-0.05, 0) is 48.4 Å². The molecule has 2 aliphatic rings. The van der Waals surface area contributed by atoms with Gasteiger partial charge >= 0.3 is 6.09 Å². The van der Waals surface area contributed by atoms with Gasteiger partial charge in [-0.25, -0.2) is 13.2 Å². The number of benzene rings is 3. The number of nitrogens with zero attached hydrogens (tertiary/aromatic N) is 4. The van der Waals surface area contributed by atoms with Crippen molar-refractivity contribution in [3.63, 3.8) is 0 Å². The van der Waals surface area contributed by atoms with Gasteiger partial charge in [0.1, 0.15) is 23.1 Å². The number of carboxylic acid groups (broad SMARTS) is 1. The number of fused-ring (bicyclic) bond motifs is 1. The molecule has 10 nitrogen and oxygen atoms in total. The fourth-order valence-electron chi connectivity index (χ4n) is 5.69. The first-order chi connectivity index (χ1) is 20.9. The van der Waals surface area contributed by atoms with Crippen molar-refractivity contribution >= 4 is 62.7 Å². The van der Waals surface area contributed by atoms with Gasteiger partial charge in [-0.3, -0.25) is 14.5 Å². The lowest BCUT2D eigenvalue weighted by Crippen LogP contribution is -2.76. The Bertz CT molecular complexity index is 1680. The molecule has 44 heavy (non-hydrogen) atoms. The lowest BCUT2D eigenvalue weighted by molar-refractivity contribution is -0.169. The van der Waals surface area contributed by atoms with Crippen LogP contribution in [0, 0.1) is 0 Å². The Kier molecular flexibility index (Phi) is 9.43. The molecule has 2 aliphatic heterocycles. The maximum Gasteiger partial charge on any atom is 0.408 e. The number of amides is 3. The van der Waals surface area contributed by atoms with Crippen LogP contribution in [0.2, 0.25) is 15.1 Å². The first-order valence-electron chi connectivity index (χ1n) is 13.8. The monoisotopic (exact) mass is 678 g/mol.